The molecule has 0 atom stereocenters. The van der Waals surface area contributed by atoms with Crippen molar-refractivity contribution in [1.82, 2.24) is 9.55 Å². The van der Waals surface area contributed by atoms with Crippen LogP contribution in [0.4, 0.5) is 11.6 Å². The first-order chi connectivity index (χ1) is 8.60. The molecule has 1 aromatic carbocycles. The molecule has 1 N–H and O–H groups in total. The minimum atomic E-state index is 0.686. The summed E-state index contributed by atoms with van der Waals surface area (Å²) in [7, 11) is 0. The number of hydrogen-bond donors (Lipinski definition) is 1. The van der Waals surface area contributed by atoms with Gasteiger partial charge < -0.3 is 9.88 Å². The van der Waals surface area contributed by atoms with Crippen LogP contribution in [0, 0.1) is 6.92 Å². The number of hydrogen-bond acceptors (Lipinski definition) is 2. The van der Waals surface area contributed by atoms with Gasteiger partial charge in [-0.1, -0.05) is 17.7 Å². The molecule has 0 bridgehead atoms. The number of aryl methyl sites for hydroxylation is 1. The smallest absolute Gasteiger partial charge is 0.207 e. The maximum atomic E-state index is 5.96. The van der Waals surface area contributed by atoms with Crippen LogP contribution in [0.3, 0.4) is 0 Å². The quantitative estimate of drug-likeness (QED) is 0.836. The van der Waals surface area contributed by atoms with Crippen molar-refractivity contribution in [2.75, 3.05) is 5.32 Å². The highest BCUT2D eigenvalue weighted by molar-refractivity contribution is 9.10. The summed E-state index contributed by atoms with van der Waals surface area (Å²) < 4.78 is 2.86. The van der Waals surface area contributed by atoms with Crippen molar-refractivity contribution in [2.24, 2.45) is 0 Å². The summed E-state index contributed by atoms with van der Waals surface area (Å²) >= 11 is 9.36. The van der Waals surface area contributed by atoms with Crippen molar-refractivity contribution in [3.63, 3.8) is 0 Å². The number of aromatic nitrogens is 2. The van der Waals surface area contributed by atoms with E-state index in [-0.39, 0.29) is 0 Å². The first-order valence-corrected chi connectivity index (χ1v) is 6.64. The van der Waals surface area contributed by atoms with Gasteiger partial charge in [-0.15, -0.1) is 6.58 Å². The van der Waals surface area contributed by atoms with E-state index in [0.29, 0.717) is 5.02 Å². The number of benzene rings is 1. The van der Waals surface area contributed by atoms with Crippen LogP contribution >= 0.6 is 27.5 Å². The van der Waals surface area contributed by atoms with Crippen molar-refractivity contribution < 1.29 is 0 Å². The van der Waals surface area contributed by atoms with Crippen molar-refractivity contribution in [3.05, 3.63) is 52.2 Å². The third-order valence-electron chi connectivity index (χ3n) is 2.40. The lowest BCUT2D eigenvalue weighted by molar-refractivity contribution is 0.832. The Morgan fingerprint density at radius 1 is 1.56 bits per heavy atom. The molecule has 0 amide bonds. The van der Waals surface area contributed by atoms with Gasteiger partial charge in [-0.05, 0) is 41.1 Å². The third kappa shape index (κ3) is 2.94. The fourth-order valence-corrected chi connectivity index (χ4v) is 2.12. The van der Waals surface area contributed by atoms with Gasteiger partial charge in [0, 0.05) is 22.9 Å². The molecule has 0 unspecified atom stereocenters. The highest BCUT2D eigenvalue weighted by atomic mass is 79.9. The summed E-state index contributed by atoms with van der Waals surface area (Å²) in [5, 5.41) is 3.95. The molecular formula is C13H13BrClN3. The third-order valence-corrected chi connectivity index (χ3v) is 3.61. The van der Waals surface area contributed by atoms with Gasteiger partial charge in [0.15, 0.2) is 0 Å². The Bertz CT molecular complexity index is 578. The Morgan fingerprint density at radius 3 is 3.00 bits per heavy atom. The van der Waals surface area contributed by atoms with E-state index in [1.54, 1.807) is 0 Å². The molecule has 0 fully saturated rings. The first-order valence-electron chi connectivity index (χ1n) is 5.47. The molecular weight excluding hydrogens is 314 g/mol. The van der Waals surface area contributed by atoms with Gasteiger partial charge in [-0.25, -0.2) is 4.98 Å². The minimum Gasteiger partial charge on any atom is -0.326 e. The average Bonchev–Trinajstić information content (AvgIpc) is 2.65. The Balaban J connectivity index is 2.27. The lowest BCUT2D eigenvalue weighted by Crippen LogP contribution is -2.01. The molecule has 1 aromatic heterocycles. The Hall–Kier alpha value is -1.26. The van der Waals surface area contributed by atoms with Gasteiger partial charge in [-0.2, -0.15) is 0 Å². The largest absolute Gasteiger partial charge is 0.326 e. The van der Waals surface area contributed by atoms with E-state index in [0.717, 1.165) is 28.3 Å². The lowest BCUT2D eigenvalue weighted by Gasteiger charge is -2.08. The summed E-state index contributed by atoms with van der Waals surface area (Å²) in [6, 6.07) is 5.67. The number of anilines is 2. The molecule has 0 aliphatic heterocycles. The summed E-state index contributed by atoms with van der Waals surface area (Å²) in [5.41, 5.74) is 1.90. The number of nitrogens with one attached hydrogen (secondary N) is 1. The molecule has 2 aromatic rings. The molecule has 0 spiro atoms. The normalized spacial score (nSPS) is 10.4. The number of rotatable bonds is 4. The zero-order valence-corrected chi connectivity index (χ0v) is 12.3. The number of nitrogens with zero attached hydrogens (tertiary/aromatic N) is 2. The van der Waals surface area contributed by atoms with E-state index in [2.05, 4.69) is 32.8 Å². The molecule has 0 saturated carbocycles. The van der Waals surface area contributed by atoms with Crippen LogP contribution in [-0.4, -0.2) is 9.55 Å². The maximum absolute atomic E-state index is 5.96. The van der Waals surface area contributed by atoms with Gasteiger partial charge in [0.25, 0.3) is 0 Å². The highest BCUT2D eigenvalue weighted by Crippen LogP contribution is 2.27. The van der Waals surface area contributed by atoms with Gasteiger partial charge in [-0.3, -0.25) is 0 Å². The number of imidazole rings is 1. The Kier molecular flexibility index (Phi) is 4.09. The van der Waals surface area contributed by atoms with E-state index < -0.39 is 0 Å². The van der Waals surface area contributed by atoms with Gasteiger partial charge in [0.2, 0.25) is 5.95 Å². The van der Waals surface area contributed by atoms with E-state index >= 15 is 0 Å². The van der Waals surface area contributed by atoms with Crippen molar-refractivity contribution in [2.45, 2.75) is 13.5 Å². The van der Waals surface area contributed by atoms with Crippen LogP contribution in [-0.2, 0) is 6.54 Å². The van der Waals surface area contributed by atoms with Gasteiger partial charge >= 0.3 is 0 Å². The SMILES string of the molecule is C=CCn1cc(C)nc1Nc1ccc(Cl)c(Br)c1. The number of allylic oxidation sites excluding steroid dienone is 1. The maximum Gasteiger partial charge on any atom is 0.207 e. The van der Waals surface area contributed by atoms with Crippen molar-refractivity contribution in [3.8, 4) is 0 Å². The van der Waals surface area contributed by atoms with Crippen molar-refractivity contribution in [1.29, 1.82) is 0 Å². The summed E-state index contributed by atoms with van der Waals surface area (Å²) in [5.74, 6) is 0.793. The van der Waals surface area contributed by atoms with Crippen LogP contribution in [0.2, 0.25) is 5.02 Å². The van der Waals surface area contributed by atoms with E-state index in [9.17, 15) is 0 Å². The molecule has 0 saturated heterocycles. The second-order valence-corrected chi connectivity index (χ2v) is 5.16. The Morgan fingerprint density at radius 2 is 2.33 bits per heavy atom. The highest BCUT2D eigenvalue weighted by Gasteiger charge is 2.06. The van der Waals surface area contributed by atoms with Crippen LogP contribution in [0.15, 0.2) is 41.5 Å². The van der Waals surface area contributed by atoms with Crippen molar-refractivity contribution >= 4 is 39.2 Å². The van der Waals surface area contributed by atoms with E-state index in [1.165, 1.54) is 0 Å². The fraction of sp³-hybridized carbons (Fsp3) is 0.154. The standard InChI is InChI=1S/C13H13BrClN3/c1-3-6-18-8-9(2)16-13(18)17-10-4-5-12(15)11(14)7-10/h3-5,7-8H,1,6H2,2H3,(H,16,17). The molecule has 0 radical (unpaired) electrons. The lowest BCUT2D eigenvalue weighted by atomic mass is 10.3. The molecule has 94 valence electrons. The molecule has 1 heterocycles. The zero-order valence-electron chi connectivity index (χ0n) is 9.95. The molecule has 3 nitrogen and oxygen atoms in total. The number of halogens is 2. The van der Waals surface area contributed by atoms with Crippen LogP contribution in [0.5, 0.6) is 0 Å². The average molecular weight is 327 g/mol. The van der Waals surface area contributed by atoms with E-state index in [1.807, 2.05) is 42.0 Å². The fourth-order valence-electron chi connectivity index (χ4n) is 1.63. The summed E-state index contributed by atoms with van der Waals surface area (Å²) in [6.45, 7) is 6.42. The molecule has 2 rings (SSSR count). The van der Waals surface area contributed by atoms with Gasteiger partial charge in [0.05, 0.1) is 10.7 Å². The monoisotopic (exact) mass is 325 g/mol. The van der Waals surface area contributed by atoms with Gasteiger partial charge in [0.1, 0.15) is 0 Å². The summed E-state index contributed by atoms with van der Waals surface area (Å²) in [6.07, 6.45) is 3.82. The first kappa shape index (κ1) is 13.2. The van der Waals surface area contributed by atoms with Crippen LogP contribution in [0.25, 0.3) is 0 Å². The predicted octanol–water partition coefficient (Wildman–Crippen LogP) is 4.54. The molecule has 0 aliphatic rings. The zero-order chi connectivity index (χ0) is 13.1. The second-order valence-electron chi connectivity index (χ2n) is 3.90. The second kappa shape index (κ2) is 5.59. The van der Waals surface area contributed by atoms with Crippen LogP contribution in [0.1, 0.15) is 5.69 Å². The van der Waals surface area contributed by atoms with E-state index in [4.69, 9.17) is 11.6 Å². The predicted molar refractivity (Wildman–Crippen MR) is 79.6 cm³/mol. The topological polar surface area (TPSA) is 29.9 Å². The minimum absolute atomic E-state index is 0.686. The molecule has 0 aliphatic carbocycles. The van der Waals surface area contributed by atoms with Crippen LogP contribution < -0.4 is 5.32 Å². The Labute approximate surface area is 120 Å². The molecule has 5 heteroatoms. The summed E-state index contributed by atoms with van der Waals surface area (Å²) in [4.78, 5) is 4.43. The molecule has 18 heavy (non-hydrogen) atoms.